The number of fused-ring (bicyclic) bond motifs is 2. The number of carbonyl (C=O) groups excluding carboxylic acids is 1. The average molecular weight is 298 g/mol. The quantitative estimate of drug-likeness (QED) is 0.808. The summed E-state index contributed by atoms with van der Waals surface area (Å²) in [6.45, 7) is 5.54. The van der Waals surface area contributed by atoms with E-state index in [4.69, 9.17) is 4.74 Å². The molecule has 0 unspecified atom stereocenters. The summed E-state index contributed by atoms with van der Waals surface area (Å²) in [7, 11) is 1.75. The predicted molar refractivity (Wildman–Crippen MR) is 78.3 cm³/mol. The molecule has 0 saturated carbocycles. The Morgan fingerprint density at radius 1 is 1.19 bits per heavy atom. The van der Waals surface area contributed by atoms with Gasteiger partial charge in [-0.15, -0.1) is 0 Å². The summed E-state index contributed by atoms with van der Waals surface area (Å²) in [5.41, 5.74) is -0.511. The highest BCUT2D eigenvalue weighted by Gasteiger charge is 2.43. The lowest BCUT2D eigenvalue weighted by molar-refractivity contribution is -0.0113. The van der Waals surface area contributed by atoms with E-state index < -0.39 is 11.7 Å². The van der Waals surface area contributed by atoms with Crippen LogP contribution in [0.25, 0.3) is 0 Å². The molecule has 0 aromatic carbocycles. The topological polar surface area (TPSA) is 70.1 Å². The number of hydrogen-bond acceptors (Lipinski definition) is 3. The van der Waals surface area contributed by atoms with Gasteiger partial charge in [0.15, 0.2) is 0 Å². The van der Waals surface area contributed by atoms with E-state index in [0.29, 0.717) is 12.8 Å². The second-order valence-corrected chi connectivity index (χ2v) is 7.14. The van der Waals surface area contributed by atoms with Crippen LogP contribution in [0.1, 0.15) is 52.9 Å². The summed E-state index contributed by atoms with van der Waals surface area (Å²) < 4.78 is 5.41. The van der Waals surface area contributed by atoms with E-state index in [1.807, 2.05) is 20.8 Å². The normalized spacial score (nSPS) is 29.0. The summed E-state index contributed by atoms with van der Waals surface area (Å²) in [5.74, 6) is 0. The van der Waals surface area contributed by atoms with Crippen molar-refractivity contribution in [3.63, 3.8) is 0 Å². The fourth-order valence-electron chi connectivity index (χ4n) is 3.46. The first-order chi connectivity index (χ1) is 9.69. The lowest BCUT2D eigenvalue weighted by Gasteiger charge is -2.49. The molecular formula is C15H26N2O4. The van der Waals surface area contributed by atoms with Gasteiger partial charge in [-0.2, -0.15) is 0 Å². The highest BCUT2D eigenvalue weighted by atomic mass is 16.6. The molecule has 0 aromatic rings. The number of rotatable bonds is 1. The fourth-order valence-corrected chi connectivity index (χ4v) is 3.46. The van der Waals surface area contributed by atoms with Crippen LogP contribution < -0.4 is 0 Å². The van der Waals surface area contributed by atoms with E-state index in [0.717, 1.165) is 19.3 Å². The van der Waals surface area contributed by atoms with Gasteiger partial charge in [0, 0.05) is 25.2 Å². The number of carbonyl (C=O) groups is 2. The minimum absolute atomic E-state index is 0.0323. The van der Waals surface area contributed by atoms with E-state index in [2.05, 4.69) is 0 Å². The molecule has 0 radical (unpaired) electrons. The van der Waals surface area contributed by atoms with Crippen molar-refractivity contribution in [2.75, 3.05) is 7.05 Å². The molecule has 2 heterocycles. The van der Waals surface area contributed by atoms with Crippen LogP contribution in [0.2, 0.25) is 0 Å². The Morgan fingerprint density at radius 3 is 2.14 bits per heavy atom. The molecular weight excluding hydrogens is 272 g/mol. The van der Waals surface area contributed by atoms with E-state index in [1.54, 1.807) is 16.8 Å². The largest absolute Gasteiger partial charge is 0.465 e. The van der Waals surface area contributed by atoms with Gasteiger partial charge in [-0.05, 0) is 52.9 Å². The van der Waals surface area contributed by atoms with Gasteiger partial charge in [-0.3, -0.25) is 0 Å². The van der Waals surface area contributed by atoms with Crippen molar-refractivity contribution >= 4 is 12.2 Å². The monoisotopic (exact) mass is 298 g/mol. The Hall–Kier alpha value is -1.46. The molecule has 0 spiro atoms. The summed E-state index contributed by atoms with van der Waals surface area (Å²) in [6, 6.07) is 0.125. The molecule has 2 rings (SSSR count). The summed E-state index contributed by atoms with van der Waals surface area (Å²) in [6.07, 6.45) is 3.11. The number of hydrogen-bond donors (Lipinski definition) is 1. The van der Waals surface area contributed by atoms with Gasteiger partial charge in [0.1, 0.15) is 5.60 Å². The zero-order valence-electron chi connectivity index (χ0n) is 13.3. The van der Waals surface area contributed by atoms with E-state index in [9.17, 15) is 14.7 Å². The Balaban J connectivity index is 2.03. The summed E-state index contributed by atoms with van der Waals surface area (Å²) >= 11 is 0. The van der Waals surface area contributed by atoms with Gasteiger partial charge in [-0.1, -0.05) is 0 Å². The van der Waals surface area contributed by atoms with Gasteiger partial charge >= 0.3 is 12.2 Å². The van der Waals surface area contributed by atoms with Crippen LogP contribution in [0.15, 0.2) is 0 Å². The second-order valence-electron chi connectivity index (χ2n) is 7.14. The lowest BCUT2D eigenvalue weighted by Crippen LogP contribution is -2.58. The van der Waals surface area contributed by atoms with Gasteiger partial charge in [0.05, 0.1) is 0 Å². The average Bonchev–Trinajstić information content (AvgIpc) is 2.33. The zero-order valence-corrected chi connectivity index (χ0v) is 13.3. The minimum atomic E-state index is -0.830. The smallest absolute Gasteiger partial charge is 0.410 e. The van der Waals surface area contributed by atoms with E-state index >= 15 is 0 Å². The van der Waals surface area contributed by atoms with Crippen LogP contribution in [0, 0.1) is 0 Å². The zero-order chi connectivity index (χ0) is 15.8. The molecule has 2 aliphatic heterocycles. The molecule has 2 fully saturated rings. The number of carboxylic acid groups (broad SMARTS) is 1. The Kier molecular flexibility index (Phi) is 4.35. The van der Waals surface area contributed by atoms with Crippen LogP contribution in [0.4, 0.5) is 9.59 Å². The van der Waals surface area contributed by atoms with Crippen molar-refractivity contribution in [3.8, 4) is 0 Å². The van der Waals surface area contributed by atoms with Crippen LogP contribution in [0.5, 0.6) is 0 Å². The number of piperidine rings is 2. The maximum Gasteiger partial charge on any atom is 0.410 e. The number of ether oxygens (including phenoxy) is 1. The van der Waals surface area contributed by atoms with Crippen LogP contribution in [0.3, 0.4) is 0 Å². The van der Waals surface area contributed by atoms with Crippen LogP contribution in [-0.2, 0) is 4.74 Å². The van der Waals surface area contributed by atoms with E-state index in [1.165, 1.54) is 0 Å². The van der Waals surface area contributed by atoms with Crippen molar-refractivity contribution in [2.45, 2.75) is 76.6 Å². The maximum atomic E-state index is 12.2. The van der Waals surface area contributed by atoms with Gasteiger partial charge in [0.25, 0.3) is 0 Å². The first kappa shape index (κ1) is 15.9. The van der Waals surface area contributed by atoms with Gasteiger partial charge in [0.2, 0.25) is 0 Å². The highest BCUT2D eigenvalue weighted by Crippen LogP contribution is 2.36. The molecule has 2 bridgehead atoms. The third kappa shape index (κ3) is 3.60. The number of nitrogens with zero attached hydrogens (tertiary/aromatic N) is 2. The second kappa shape index (κ2) is 5.73. The van der Waals surface area contributed by atoms with Crippen molar-refractivity contribution < 1.29 is 19.4 Å². The highest BCUT2D eigenvalue weighted by molar-refractivity contribution is 5.69. The van der Waals surface area contributed by atoms with Crippen molar-refractivity contribution in [2.24, 2.45) is 0 Å². The Labute approximate surface area is 126 Å². The molecule has 21 heavy (non-hydrogen) atoms. The Bertz CT molecular complexity index is 404. The summed E-state index contributed by atoms with van der Waals surface area (Å²) in [4.78, 5) is 26.8. The predicted octanol–water partition coefficient (Wildman–Crippen LogP) is 2.92. The number of amides is 2. The third-order valence-corrected chi connectivity index (χ3v) is 4.40. The molecule has 1 N–H and O–H groups in total. The molecule has 2 saturated heterocycles. The molecule has 120 valence electrons. The molecule has 6 heteroatoms. The van der Waals surface area contributed by atoms with Gasteiger partial charge in [-0.25, -0.2) is 9.59 Å². The van der Waals surface area contributed by atoms with Crippen molar-refractivity contribution in [3.05, 3.63) is 0 Å². The molecule has 0 aliphatic carbocycles. The first-order valence-electron chi connectivity index (χ1n) is 7.66. The van der Waals surface area contributed by atoms with Crippen LogP contribution in [-0.4, -0.2) is 57.9 Å². The molecule has 3 atom stereocenters. The lowest BCUT2D eigenvalue weighted by atomic mass is 9.81. The minimum Gasteiger partial charge on any atom is -0.465 e. The third-order valence-electron chi connectivity index (χ3n) is 4.40. The SMILES string of the molecule is CN(C(=O)OC(C)(C)C)[C@@H]1C[C@H]2CCC[C@@H](C1)N2C(=O)O. The molecule has 6 nitrogen and oxygen atoms in total. The standard InChI is InChI=1S/C15H26N2O4/c1-15(2,3)21-14(20)16(4)12-8-10-6-5-7-11(9-12)17(10)13(18)19/h10-12H,5-9H2,1-4H3,(H,18,19)/t10-,11+,12-. The van der Waals surface area contributed by atoms with E-state index in [-0.39, 0.29) is 24.2 Å². The van der Waals surface area contributed by atoms with Gasteiger partial charge < -0.3 is 19.6 Å². The summed E-state index contributed by atoms with van der Waals surface area (Å²) in [5, 5.41) is 9.35. The molecule has 0 aromatic heterocycles. The van der Waals surface area contributed by atoms with Crippen molar-refractivity contribution in [1.82, 2.24) is 9.80 Å². The molecule has 2 aliphatic rings. The Morgan fingerprint density at radius 2 is 1.71 bits per heavy atom. The maximum absolute atomic E-state index is 12.2. The first-order valence-corrected chi connectivity index (χ1v) is 7.66. The van der Waals surface area contributed by atoms with Crippen molar-refractivity contribution in [1.29, 1.82) is 0 Å². The van der Waals surface area contributed by atoms with Crippen LogP contribution >= 0.6 is 0 Å². The molecule has 2 amide bonds. The fraction of sp³-hybridized carbons (Fsp3) is 0.867.